The molecule has 0 N–H and O–H groups in total. The standard InChI is InChI=1S/C23H25N3O4S/c1-3-20(27)25-13-15-26(16-14-25)23-22(24-21(30-23)18-7-5-4-6-8-18)31(28,29)19-11-9-17(2)10-12-19/h4-12H,3,13-16H2,1-2H3. The SMILES string of the molecule is CCC(=O)N1CCN(c2oc(-c3ccccc3)nc2S(=O)(=O)c2ccc(C)cc2)CC1. The van der Waals surface area contributed by atoms with Crippen LogP contribution in [0.25, 0.3) is 11.5 Å². The Balaban J connectivity index is 1.74. The average Bonchev–Trinajstić information content (AvgIpc) is 3.26. The van der Waals surface area contributed by atoms with Crippen LogP contribution in [0, 0.1) is 6.92 Å². The molecule has 0 bridgehead atoms. The molecule has 3 aromatic rings. The van der Waals surface area contributed by atoms with Crippen molar-refractivity contribution in [3.63, 3.8) is 0 Å². The van der Waals surface area contributed by atoms with Crippen molar-refractivity contribution in [3.8, 4) is 11.5 Å². The average molecular weight is 440 g/mol. The van der Waals surface area contributed by atoms with Crippen LogP contribution in [0.15, 0.2) is 68.9 Å². The minimum absolute atomic E-state index is 0.0922. The number of carbonyl (C=O) groups is 1. The van der Waals surface area contributed by atoms with Gasteiger partial charge in [-0.3, -0.25) is 4.79 Å². The first kappa shape index (κ1) is 21.1. The molecule has 1 aliphatic heterocycles. The molecule has 1 saturated heterocycles. The lowest BCUT2D eigenvalue weighted by atomic mass is 10.2. The van der Waals surface area contributed by atoms with Gasteiger partial charge in [-0.25, -0.2) is 8.42 Å². The molecule has 0 radical (unpaired) electrons. The number of rotatable bonds is 5. The number of anilines is 1. The Hall–Kier alpha value is -3.13. The molecular weight excluding hydrogens is 414 g/mol. The largest absolute Gasteiger partial charge is 0.419 e. The van der Waals surface area contributed by atoms with Gasteiger partial charge in [0.1, 0.15) is 0 Å². The summed E-state index contributed by atoms with van der Waals surface area (Å²) in [4.78, 5) is 20.3. The smallest absolute Gasteiger partial charge is 0.236 e. The van der Waals surface area contributed by atoms with E-state index in [2.05, 4.69) is 4.98 Å². The van der Waals surface area contributed by atoms with Gasteiger partial charge in [0.25, 0.3) is 0 Å². The lowest BCUT2D eigenvalue weighted by Gasteiger charge is -2.34. The quantitative estimate of drug-likeness (QED) is 0.605. The van der Waals surface area contributed by atoms with Gasteiger partial charge in [-0.15, -0.1) is 0 Å². The first-order valence-electron chi connectivity index (χ1n) is 10.3. The van der Waals surface area contributed by atoms with E-state index in [0.29, 0.717) is 38.2 Å². The van der Waals surface area contributed by atoms with Crippen LogP contribution in [0.3, 0.4) is 0 Å². The van der Waals surface area contributed by atoms with Gasteiger partial charge in [-0.05, 0) is 31.2 Å². The number of aromatic nitrogens is 1. The summed E-state index contributed by atoms with van der Waals surface area (Å²) < 4.78 is 32.9. The van der Waals surface area contributed by atoms with Gasteiger partial charge < -0.3 is 14.2 Å². The third-order valence-electron chi connectivity index (χ3n) is 5.41. The molecule has 4 rings (SSSR count). The van der Waals surface area contributed by atoms with E-state index in [1.54, 1.807) is 29.2 Å². The number of sulfone groups is 1. The Morgan fingerprint density at radius 3 is 2.26 bits per heavy atom. The van der Waals surface area contributed by atoms with Crippen molar-refractivity contribution in [3.05, 3.63) is 60.2 Å². The number of hydrogen-bond donors (Lipinski definition) is 0. The number of nitrogens with zero attached hydrogens (tertiary/aromatic N) is 3. The van der Waals surface area contributed by atoms with Gasteiger partial charge >= 0.3 is 0 Å². The van der Waals surface area contributed by atoms with Crippen LogP contribution in [-0.2, 0) is 14.6 Å². The number of amides is 1. The summed E-state index contributed by atoms with van der Waals surface area (Å²) in [6.45, 7) is 5.72. The number of hydrogen-bond acceptors (Lipinski definition) is 6. The lowest BCUT2D eigenvalue weighted by molar-refractivity contribution is -0.131. The first-order chi connectivity index (χ1) is 14.9. The van der Waals surface area contributed by atoms with Crippen molar-refractivity contribution < 1.29 is 17.6 Å². The summed E-state index contributed by atoms with van der Waals surface area (Å²) in [5.41, 5.74) is 1.68. The van der Waals surface area contributed by atoms with Gasteiger partial charge in [-0.2, -0.15) is 4.98 Å². The molecule has 8 heteroatoms. The maximum atomic E-state index is 13.5. The van der Waals surface area contributed by atoms with E-state index < -0.39 is 9.84 Å². The van der Waals surface area contributed by atoms with E-state index in [4.69, 9.17) is 4.42 Å². The molecule has 0 atom stereocenters. The normalized spacial score (nSPS) is 14.6. The van der Waals surface area contributed by atoms with Crippen LogP contribution in [0.2, 0.25) is 0 Å². The fraction of sp³-hybridized carbons (Fsp3) is 0.304. The van der Waals surface area contributed by atoms with Gasteiger partial charge in [0.2, 0.25) is 32.5 Å². The van der Waals surface area contributed by atoms with Crippen molar-refractivity contribution in [2.45, 2.75) is 30.2 Å². The number of aryl methyl sites for hydroxylation is 1. The number of benzene rings is 2. The highest BCUT2D eigenvalue weighted by Crippen LogP contribution is 2.35. The zero-order valence-electron chi connectivity index (χ0n) is 17.6. The molecule has 0 saturated carbocycles. The molecule has 1 amide bonds. The minimum atomic E-state index is -3.88. The van der Waals surface area contributed by atoms with E-state index in [-0.39, 0.29) is 27.6 Å². The fourth-order valence-electron chi connectivity index (χ4n) is 3.59. The summed E-state index contributed by atoms with van der Waals surface area (Å²) in [5, 5.41) is -0.0922. The molecule has 1 aliphatic rings. The lowest BCUT2D eigenvalue weighted by Crippen LogP contribution is -2.48. The van der Waals surface area contributed by atoms with Crippen molar-refractivity contribution in [2.75, 3.05) is 31.1 Å². The second kappa shape index (κ2) is 8.55. The zero-order valence-corrected chi connectivity index (χ0v) is 18.4. The van der Waals surface area contributed by atoms with Crippen molar-refractivity contribution in [1.29, 1.82) is 0 Å². The Bertz CT molecular complexity index is 1160. The minimum Gasteiger partial charge on any atom is -0.419 e. The highest BCUT2D eigenvalue weighted by Gasteiger charge is 2.33. The third kappa shape index (κ3) is 4.20. The molecule has 2 heterocycles. The maximum Gasteiger partial charge on any atom is 0.236 e. The van der Waals surface area contributed by atoms with Crippen molar-refractivity contribution in [1.82, 2.24) is 9.88 Å². The summed E-state index contributed by atoms with van der Waals surface area (Å²) in [6, 6.07) is 15.9. The van der Waals surface area contributed by atoms with Crippen molar-refractivity contribution in [2.24, 2.45) is 0 Å². The van der Waals surface area contributed by atoms with Crippen LogP contribution in [0.5, 0.6) is 0 Å². The molecule has 0 unspecified atom stereocenters. The van der Waals surface area contributed by atoms with E-state index in [0.717, 1.165) is 5.56 Å². The summed E-state index contributed by atoms with van der Waals surface area (Å²) in [5.74, 6) is 0.575. The molecule has 31 heavy (non-hydrogen) atoms. The molecule has 1 aromatic heterocycles. The van der Waals surface area contributed by atoms with E-state index in [1.807, 2.05) is 49.1 Å². The van der Waals surface area contributed by atoms with Gasteiger partial charge in [0.15, 0.2) is 0 Å². The predicted molar refractivity (Wildman–Crippen MR) is 118 cm³/mol. The van der Waals surface area contributed by atoms with E-state index in [9.17, 15) is 13.2 Å². The highest BCUT2D eigenvalue weighted by molar-refractivity contribution is 7.91. The molecular formula is C23H25N3O4S. The molecule has 2 aromatic carbocycles. The van der Waals surface area contributed by atoms with Gasteiger partial charge in [0.05, 0.1) is 4.90 Å². The molecule has 0 spiro atoms. The Labute approximate surface area is 182 Å². The van der Waals surface area contributed by atoms with Crippen LogP contribution in [0.1, 0.15) is 18.9 Å². The summed E-state index contributed by atoms with van der Waals surface area (Å²) in [7, 11) is -3.88. The number of oxazole rings is 1. The molecule has 0 aliphatic carbocycles. The predicted octanol–water partition coefficient (Wildman–Crippen LogP) is 3.54. The Morgan fingerprint density at radius 2 is 1.65 bits per heavy atom. The van der Waals surface area contributed by atoms with Crippen molar-refractivity contribution >= 4 is 21.6 Å². The number of carbonyl (C=O) groups excluding carboxylic acids is 1. The van der Waals surface area contributed by atoms with Crippen LogP contribution in [-0.4, -0.2) is 50.4 Å². The summed E-state index contributed by atoms with van der Waals surface area (Å²) >= 11 is 0. The summed E-state index contributed by atoms with van der Waals surface area (Å²) in [6.07, 6.45) is 0.452. The fourth-order valence-corrected chi connectivity index (χ4v) is 4.91. The van der Waals surface area contributed by atoms with Crippen LogP contribution >= 0.6 is 0 Å². The number of piperazine rings is 1. The van der Waals surface area contributed by atoms with Crippen LogP contribution in [0.4, 0.5) is 5.88 Å². The monoisotopic (exact) mass is 439 g/mol. The second-order valence-corrected chi connectivity index (χ2v) is 9.40. The van der Waals surface area contributed by atoms with Crippen LogP contribution < -0.4 is 4.90 Å². The topological polar surface area (TPSA) is 83.7 Å². The highest BCUT2D eigenvalue weighted by atomic mass is 32.2. The van der Waals surface area contributed by atoms with Gasteiger partial charge in [-0.1, -0.05) is 42.8 Å². The van der Waals surface area contributed by atoms with Gasteiger partial charge in [0, 0.05) is 38.2 Å². The maximum absolute atomic E-state index is 13.5. The zero-order chi connectivity index (χ0) is 22.0. The molecule has 7 nitrogen and oxygen atoms in total. The van der Waals surface area contributed by atoms with E-state index in [1.165, 1.54) is 0 Å². The molecule has 162 valence electrons. The second-order valence-electron chi connectivity index (χ2n) is 7.53. The first-order valence-corrected chi connectivity index (χ1v) is 11.8. The third-order valence-corrected chi connectivity index (χ3v) is 7.08. The Morgan fingerprint density at radius 1 is 1.00 bits per heavy atom. The van der Waals surface area contributed by atoms with E-state index >= 15 is 0 Å². The Kier molecular flexibility index (Phi) is 5.82. The molecule has 1 fully saturated rings.